The second kappa shape index (κ2) is 5.65. The van der Waals surface area contributed by atoms with E-state index in [0.717, 1.165) is 4.47 Å². The number of carbonyl (C=O) groups is 3. The van der Waals surface area contributed by atoms with E-state index in [2.05, 4.69) is 15.9 Å². The number of benzene rings is 1. The number of hydrogen-bond donors (Lipinski definition) is 0. The SMILES string of the molecule is CCC(=O)CCCN1C(=O)c2ccc(Br)cc2C1=O. The number of nitrogens with zero attached hydrogens (tertiary/aromatic N) is 1. The first-order valence-electron chi connectivity index (χ1n) is 6.22. The van der Waals surface area contributed by atoms with Gasteiger partial charge < -0.3 is 0 Å². The molecule has 1 heterocycles. The average molecular weight is 324 g/mol. The molecule has 1 aliphatic rings. The second-order valence-electron chi connectivity index (χ2n) is 4.45. The summed E-state index contributed by atoms with van der Waals surface area (Å²) >= 11 is 3.29. The van der Waals surface area contributed by atoms with Gasteiger partial charge in [0.2, 0.25) is 0 Å². The molecule has 1 aliphatic heterocycles. The van der Waals surface area contributed by atoms with E-state index in [-0.39, 0.29) is 17.6 Å². The summed E-state index contributed by atoms with van der Waals surface area (Å²) in [5.74, 6) is -0.388. The largest absolute Gasteiger partial charge is 0.300 e. The van der Waals surface area contributed by atoms with Crippen molar-refractivity contribution >= 4 is 33.5 Å². The number of fused-ring (bicyclic) bond motifs is 1. The lowest BCUT2D eigenvalue weighted by molar-refractivity contribution is -0.118. The molecule has 2 rings (SSSR count). The highest BCUT2D eigenvalue weighted by Crippen LogP contribution is 2.26. The summed E-state index contributed by atoms with van der Waals surface area (Å²) in [6, 6.07) is 5.05. The lowest BCUT2D eigenvalue weighted by Crippen LogP contribution is -2.31. The molecule has 0 aromatic heterocycles. The summed E-state index contributed by atoms with van der Waals surface area (Å²) in [5, 5.41) is 0. The fraction of sp³-hybridized carbons (Fsp3) is 0.357. The zero-order valence-electron chi connectivity index (χ0n) is 10.6. The highest BCUT2D eigenvalue weighted by Gasteiger charge is 2.34. The molecule has 4 nitrogen and oxygen atoms in total. The number of Topliss-reactive ketones (excluding diaryl/α,β-unsaturated/α-hetero) is 1. The molecule has 0 fully saturated rings. The van der Waals surface area contributed by atoms with E-state index in [1.54, 1.807) is 18.2 Å². The third-order valence-corrected chi connectivity index (χ3v) is 3.66. The van der Waals surface area contributed by atoms with Gasteiger partial charge in [-0.2, -0.15) is 0 Å². The molecule has 0 spiro atoms. The molecule has 0 aliphatic carbocycles. The van der Waals surface area contributed by atoms with E-state index >= 15 is 0 Å². The van der Waals surface area contributed by atoms with Gasteiger partial charge in [0.25, 0.3) is 11.8 Å². The first-order chi connectivity index (χ1) is 9.04. The minimum atomic E-state index is -0.273. The van der Waals surface area contributed by atoms with Crippen LogP contribution < -0.4 is 0 Å². The molecule has 2 amide bonds. The van der Waals surface area contributed by atoms with Crippen LogP contribution in [0.15, 0.2) is 22.7 Å². The van der Waals surface area contributed by atoms with Gasteiger partial charge >= 0.3 is 0 Å². The van der Waals surface area contributed by atoms with Gasteiger partial charge in [0.05, 0.1) is 11.1 Å². The summed E-state index contributed by atoms with van der Waals surface area (Å²) < 4.78 is 0.774. The first kappa shape index (κ1) is 13.9. The maximum Gasteiger partial charge on any atom is 0.261 e. The van der Waals surface area contributed by atoms with Gasteiger partial charge in [0.15, 0.2) is 0 Å². The van der Waals surface area contributed by atoms with Crippen LogP contribution in [0.25, 0.3) is 0 Å². The minimum Gasteiger partial charge on any atom is -0.300 e. The molecule has 0 unspecified atom stereocenters. The monoisotopic (exact) mass is 323 g/mol. The standard InChI is InChI=1S/C14H14BrNO3/c1-2-10(17)4-3-7-16-13(18)11-6-5-9(15)8-12(11)14(16)19/h5-6,8H,2-4,7H2,1H3. The highest BCUT2D eigenvalue weighted by atomic mass is 79.9. The van der Waals surface area contributed by atoms with Gasteiger partial charge in [0, 0.05) is 23.9 Å². The van der Waals surface area contributed by atoms with Gasteiger partial charge in [0.1, 0.15) is 5.78 Å². The van der Waals surface area contributed by atoms with Crippen LogP contribution in [0.2, 0.25) is 0 Å². The molecule has 0 N–H and O–H groups in total. The number of halogens is 1. The normalized spacial score (nSPS) is 13.9. The minimum absolute atomic E-state index is 0.152. The van der Waals surface area contributed by atoms with Crippen LogP contribution in [0.5, 0.6) is 0 Å². The number of hydrogen-bond acceptors (Lipinski definition) is 3. The highest BCUT2D eigenvalue weighted by molar-refractivity contribution is 9.10. The van der Waals surface area contributed by atoms with Crippen LogP contribution in [0.4, 0.5) is 0 Å². The third kappa shape index (κ3) is 2.76. The van der Waals surface area contributed by atoms with Gasteiger partial charge in [-0.3, -0.25) is 19.3 Å². The smallest absolute Gasteiger partial charge is 0.261 e. The van der Waals surface area contributed by atoms with E-state index < -0.39 is 0 Å². The number of imide groups is 1. The van der Waals surface area contributed by atoms with Gasteiger partial charge in [-0.15, -0.1) is 0 Å². The van der Waals surface area contributed by atoms with Crippen LogP contribution in [-0.4, -0.2) is 29.0 Å². The van der Waals surface area contributed by atoms with Crippen molar-refractivity contribution in [2.75, 3.05) is 6.54 Å². The fourth-order valence-corrected chi connectivity index (χ4v) is 2.44. The fourth-order valence-electron chi connectivity index (χ4n) is 2.08. The maximum absolute atomic E-state index is 12.1. The summed E-state index contributed by atoms with van der Waals surface area (Å²) in [5.41, 5.74) is 0.871. The molecule has 0 saturated carbocycles. The lowest BCUT2D eigenvalue weighted by atomic mass is 10.1. The quantitative estimate of drug-likeness (QED) is 0.783. The molecule has 0 saturated heterocycles. The van der Waals surface area contributed by atoms with Crippen molar-refractivity contribution in [3.05, 3.63) is 33.8 Å². The van der Waals surface area contributed by atoms with Crippen molar-refractivity contribution in [1.82, 2.24) is 4.90 Å². The molecule has 100 valence electrons. The van der Waals surface area contributed by atoms with E-state index in [1.165, 1.54) is 4.90 Å². The van der Waals surface area contributed by atoms with E-state index in [1.807, 2.05) is 6.92 Å². The molecule has 1 aromatic carbocycles. The van der Waals surface area contributed by atoms with Crippen LogP contribution in [0.1, 0.15) is 46.9 Å². The Morgan fingerprint density at radius 1 is 1.21 bits per heavy atom. The number of rotatable bonds is 5. The van der Waals surface area contributed by atoms with Gasteiger partial charge in [-0.1, -0.05) is 22.9 Å². The number of amides is 2. The summed E-state index contributed by atoms with van der Waals surface area (Å²) in [4.78, 5) is 36.6. The van der Waals surface area contributed by atoms with Crippen molar-refractivity contribution in [1.29, 1.82) is 0 Å². The average Bonchev–Trinajstić information content (AvgIpc) is 2.63. The predicted octanol–water partition coefficient (Wildman–Crippen LogP) is 2.80. The molecule has 19 heavy (non-hydrogen) atoms. The Morgan fingerprint density at radius 2 is 1.89 bits per heavy atom. The molecule has 0 bridgehead atoms. The van der Waals surface area contributed by atoms with E-state index in [0.29, 0.717) is 36.9 Å². The summed E-state index contributed by atoms with van der Waals surface area (Å²) in [6.45, 7) is 2.11. The van der Waals surface area contributed by atoms with Crippen LogP contribution in [-0.2, 0) is 4.79 Å². The summed E-state index contributed by atoms with van der Waals surface area (Å²) in [6.07, 6.45) is 1.43. The van der Waals surface area contributed by atoms with Crippen LogP contribution in [0.3, 0.4) is 0 Å². The third-order valence-electron chi connectivity index (χ3n) is 3.16. The Balaban J connectivity index is 2.08. The zero-order valence-corrected chi connectivity index (χ0v) is 12.2. The van der Waals surface area contributed by atoms with Crippen LogP contribution >= 0.6 is 15.9 Å². The molecular formula is C14H14BrNO3. The first-order valence-corrected chi connectivity index (χ1v) is 7.01. The van der Waals surface area contributed by atoms with Crippen molar-refractivity contribution in [2.45, 2.75) is 26.2 Å². The Bertz CT molecular complexity index is 554. The van der Waals surface area contributed by atoms with Crippen molar-refractivity contribution < 1.29 is 14.4 Å². The Morgan fingerprint density at radius 3 is 2.58 bits per heavy atom. The molecular weight excluding hydrogens is 310 g/mol. The van der Waals surface area contributed by atoms with Crippen LogP contribution in [0, 0.1) is 0 Å². The molecule has 0 atom stereocenters. The van der Waals surface area contributed by atoms with Gasteiger partial charge in [-0.05, 0) is 24.6 Å². The molecule has 5 heteroatoms. The van der Waals surface area contributed by atoms with Crippen molar-refractivity contribution in [3.8, 4) is 0 Å². The van der Waals surface area contributed by atoms with Crippen molar-refractivity contribution in [2.24, 2.45) is 0 Å². The van der Waals surface area contributed by atoms with Crippen molar-refractivity contribution in [3.63, 3.8) is 0 Å². The maximum atomic E-state index is 12.1. The Labute approximate surface area is 119 Å². The molecule has 1 aromatic rings. The second-order valence-corrected chi connectivity index (χ2v) is 5.36. The van der Waals surface area contributed by atoms with E-state index in [4.69, 9.17) is 0 Å². The number of ketones is 1. The zero-order chi connectivity index (χ0) is 14.0. The van der Waals surface area contributed by atoms with E-state index in [9.17, 15) is 14.4 Å². The summed E-state index contributed by atoms with van der Waals surface area (Å²) in [7, 11) is 0. The van der Waals surface area contributed by atoms with Gasteiger partial charge in [-0.25, -0.2) is 0 Å². The number of carbonyl (C=O) groups excluding carboxylic acids is 3. The molecule has 0 radical (unpaired) electrons. The lowest BCUT2D eigenvalue weighted by Gasteiger charge is -2.12. The Kier molecular flexibility index (Phi) is 4.14. The predicted molar refractivity (Wildman–Crippen MR) is 74.0 cm³/mol. The topological polar surface area (TPSA) is 54.5 Å². The Hall–Kier alpha value is -1.49.